The van der Waals surface area contributed by atoms with Crippen molar-refractivity contribution in [2.75, 3.05) is 7.05 Å². The van der Waals surface area contributed by atoms with E-state index in [2.05, 4.69) is 25.8 Å². The van der Waals surface area contributed by atoms with Crippen molar-refractivity contribution < 1.29 is 4.39 Å². The molecular weight excluding hydrogens is 215 g/mol. The Morgan fingerprint density at radius 2 is 2.18 bits per heavy atom. The molecule has 0 aromatic heterocycles. The Labute approximate surface area is 103 Å². The molecule has 92 valence electrons. The molecular formula is C14H19FN2. The van der Waals surface area contributed by atoms with E-state index >= 15 is 0 Å². The van der Waals surface area contributed by atoms with Crippen LogP contribution in [-0.4, -0.2) is 18.0 Å². The van der Waals surface area contributed by atoms with Crippen LogP contribution in [0.5, 0.6) is 0 Å². The quantitative estimate of drug-likeness (QED) is 0.781. The Balaban J connectivity index is 2.72. The van der Waals surface area contributed by atoms with Crippen molar-refractivity contribution in [1.29, 1.82) is 5.26 Å². The highest BCUT2D eigenvalue weighted by atomic mass is 19.1. The van der Waals surface area contributed by atoms with Crippen LogP contribution in [0.25, 0.3) is 0 Å². The van der Waals surface area contributed by atoms with Gasteiger partial charge in [-0.2, -0.15) is 5.26 Å². The van der Waals surface area contributed by atoms with Gasteiger partial charge in [-0.25, -0.2) is 4.39 Å². The molecule has 0 heterocycles. The Hall–Kier alpha value is -1.40. The predicted octanol–water partition coefficient (Wildman–Crippen LogP) is 3.32. The average molecular weight is 234 g/mol. The first kappa shape index (κ1) is 13.7. The molecule has 0 N–H and O–H groups in total. The summed E-state index contributed by atoms with van der Waals surface area (Å²) in [5, 5.41) is 8.77. The van der Waals surface area contributed by atoms with Crippen LogP contribution in [0.2, 0.25) is 0 Å². The monoisotopic (exact) mass is 234 g/mol. The van der Waals surface area contributed by atoms with E-state index in [1.807, 2.05) is 6.07 Å². The summed E-state index contributed by atoms with van der Waals surface area (Å²) in [6, 6.07) is 7.10. The van der Waals surface area contributed by atoms with Crippen molar-refractivity contribution in [2.24, 2.45) is 0 Å². The fraction of sp³-hybridized carbons (Fsp3) is 0.500. The maximum absolute atomic E-state index is 13.2. The van der Waals surface area contributed by atoms with E-state index in [4.69, 9.17) is 5.26 Å². The third-order valence-corrected chi connectivity index (χ3v) is 3.04. The molecule has 1 aromatic rings. The van der Waals surface area contributed by atoms with Gasteiger partial charge in [0.25, 0.3) is 0 Å². The molecule has 0 saturated carbocycles. The SMILES string of the molecule is CCCC(C)N(C)Cc1ccc(F)c(C#N)c1. The van der Waals surface area contributed by atoms with E-state index < -0.39 is 5.82 Å². The van der Waals surface area contributed by atoms with Gasteiger partial charge in [0.1, 0.15) is 11.9 Å². The minimum Gasteiger partial charge on any atom is -0.299 e. The molecule has 0 amide bonds. The topological polar surface area (TPSA) is 27.0 Å². The molecule has 0 spiro atoms. The fourth-order valence-corrected chi connectivity index (χ4v) is 1.84. The maximum atomic E-state index is 13.2. The fourth-order valence-electron chi connectivity index (χ4n) is 1.84. The molecule has 0 radical (unpaired) electrons. The lowest BCUT2D eigenvalue weighted by molar-refractivity contribution is 0.237. The molecule has 0 aliphatic heterocycles. The zero-order valence-corrected chi connectivity index (χ0v) is 10.7. The molecule has 1 aromatic carbocycles. The number of rotatable bonds is 5. The van der Waals surface area contributed by atoms with Gasteiger partial charge in [0.05, 0.1) is 5.56 Å². The Bertz CT molecular complexity index is 409. The molecule has 1 rings (SSSR count). The van der Waals surface area contributed by atoms with Crippen LogP contribution in [0.15, 0.2) is 18.2 Å². The van der Waals surface area contributed by atoms with Gasteiger partial charge < -0.3 is 0 Å². The summed E-state index contributed by atoms with van der Waals surface area (Å²) < 4.78 is 13.2. The van der Waals surface area contributed by atoms with Crippen molar-refractivity contribution in [2.45, 2.75) is 39.3 Å². The van der Waals surface area contributed by atoms with Crippen molar-refractivity contribution in [3.8, 4) is 6.07 Å². The smallest absolute Gasteiger partial charge is 0.140 e. The second-order valence-electron chi connectivity index (χ2n) is 4.48. The van der Waals surface area contributed by atoms with Gasteiger partial charge in [-0.05, 0) is 38.1 Å². The largest absolute Gasteiger partial charge is 0.299 e. The molecule has 1 atom stereocenters. The number of hydrogen-bond acceptors (Lipinski definition) is 2. The van der Waals surface area contributed by atoms with Crippen molar-refractivity contribution >= 4 is 0 Å². The first-order valence-electron chi connectivity index (χ1n) is 5.97. The summed E-state index contributed by atoms with van der Waals surface area (Å²) in [7, 11) is 2.05. The Kier molecular flexibility index (Phi) is 5.11. The summed E-state index contributed by atoms with van der Waals surface area (Å²) >= 11 is 0. The van der Waals surface area contributed by atoms with Crippen molar-refractivity contribution in [3.63, 3.8) is 0 Å². The predicted molar refractivity (Wildman–Crippen MR) is 67.0 cm³/mol. The third kappa shape index (κ3) is 3.83. The summed E-state index contributed by atoms with van der Waals surface area (Å²) in [6.45, 7) is 5.09. The van der Waals surface area contributed by atoms with Crippen LogP contribution >= 0.6 is 0 Å². The molecule has 1 unspecified atom stereocenters. The van der Waals surface area contributed by atoms with Gasteiger partial charge in [0, 0.05) is 12.6 Å². The zero-order valence-electron chi connectivity index (χ0n) is 10.7. The average Bonchev–Trinajstić information content (AvgIpc) is 2.31. The summed E-state index contributed by atoms with van der Waals surface area (Å²) in [6.07, 6.45) is 2.29. The van der Waals surface area contributed by atoms with Crippen molar-refractivity contribution in [3.05, 3.63) is 35.1 Å². The number of benzene rings is 1. The highest BCUT2D eigenvalue weighted by Crippen LogP contribution is 2.13. The lowest BCUT2D eigenvalue weighted by Crippen LogP contribution is -2.28. The zero-order chi connectivity index (χ0) is 12.8. The van der Waals surface area contributed by atoms with E-state index in [0.717, 1.165) is 24.9 Å². The summed E-state index contributed by atoms with van der Waals surface area (Å²) in [5.74, 6) is -0.444. The Morgan fingerprint density at radius 1 is 1.47 bits per heavy atom. The second kappa shape index (κ2) is 6.36. The molecule has 0 saturated heterocycles. The highest BCUT2D eigenvalue weighted by Gasteiger charge is 2.10. The number of nitriles is 1. The molecule has 0 fully saturated rings. The van der Waals surface area contributed by atoms with E-state index in [9.17, 15) is 4.39 Å². The molecule has 0 aliphatic carbocycles. The van der Waals surface area contributed by atoms with Crippen molar-refractivity contribution in [1.82, 2.24) is 4.90 Å². The van der Waals surface area contributed by atoms with E-state index in [1.165, 1.54) is 6.07 Å². The normalized spacial score (nSPS) is 12.5. The number of halogens is 1. The number of nitrogens with zero attached hydrogens (tertiary/aromatic N) is 2. The van der Waals surface area contributed by atoms with Crippen LogP contribution in [0.3, 0.4) is 0 Å². The summed E-state index contributed by atoms with van der Waals surface area (Å²) in [4.78, 5) is 2.22. The van der Waals surface area contributed by atoms with Gasteiger partial charge in [-0.3, -0.25) is 4.90 Å². The van der Waals surface area contributed by atoms with Crippen LogP contribution in [0.1, 0.15) is 37.8 Å². The first-order chi connectivity index (χ1) is 8.08. The van der Waals surface area contributed by atoms with Crippen LogP contribution < -0.4 is 0 Å². The third-order valence-electron chi connectivity index (χ3n) is 3.04. The molecule has 0 aliphatic rings. The summed E-state index contributed by atoms with van der Waals surface area (Å²) in [5.41, 5.74) is 1.10. The Morgan fingerprint density at radius 3 is 2.76 bits per heavy atom. The lowest BCUT2D eigenvalue weighted by atomic mass is 10.1. The van der Waals surface area contributed by atoms with Gasteiger partial charge >= 0.3 is 0 Å². The van der Waals surface area contributed by atoms with E-state index in [-0.39, 0.29) is 5.56 Å². The minimum absolute atomic E-state index is 0.124. The molecule has 17 heavy (non-hydrogen) atoms. The first-order valence-corrected chi connectivity index (χ1v) is 5.97. The van der Waals surface area contributed by atoms with E-state index in [0.29, 0.717) is 6.04 Å². The number of hydrogen-bond donors (Lipinski definition) is 0. The van der Waals surface area contributed by atoms with Crippen LogP contribution in [-0.2, 0) is 6.54 Å². The highest BCUT2D eigenvalue weighted by molar-refractivity contribution is 5.34. The second-order valence-corrected chi connectivity index (χ2v) is 4.48. The molecule has 3 heteroatoms. The lowest BCUT2D eigenvalue weighted by Gasteiger charge is -2.24. The van der Waals surface area contributed by atoms with Gasteiger partial charge in [0.2, 0.25) is 0 Å². The van der Waals surface area contributed by atoms with Gasteiger partial charge in [0.15, 0.2) is 0 Å². The van der Waals surface area contributed by atoms with Crippen LogP contribution in [0.4, 0.5) is 4.39 Å². The standard InChI is InChI=1S/C14H19FN2/c1-4-5-11(2)17(3)10-12-6-7-14(15)13(8-12)9-16/h6-8,11H,4-5,10H2,1-3H3. The van der Waals surface area contributed by atoms with E-state index in [1.54, 1.807) is 12.1 Å². The molecule has 2 nitrogen and oxygen atoms in total. The molecule has 0 bridgehead atoms. The van der Waals surface area contributed by atoms with Gasteiger partial charge in [-0.15, -0.1) is 0 Å². The maximum Gasteiger partial charge on any atom is 0.140 e. The minimum atomic E-state index is -0.444. The van der Waals surface area contributed by atoms with Crippen LogP contribution in [0, 0.1) is 17.1 Å². The van der Waals surface area contributed by atoms with Gasteiger partial charge in [-0.1, -0.05) is 19.4 Å².